The van der Waals surface area contributed by atoms with Crippen LogP contribution in [0.4, 0.5) is 4.79 Å². The monoisotopic (exact) mass is 328 g/mol. The van der Waals surface area contributed by atoms with Gasteiger partial charge in [0.1, 0.15) is 12.3 Å². The molecule has 3 N–H and O–H groups in total. The summed E-state index contributed by atoms with van der Waals surface area (Å²) in [5.41, 5.74) is 0.577. The van der Waals surface area contributed by atoms with Crippen molar-refractivity contribution in [2.24, 2.45) is 0 Å². The Morgan fingerprint density at radius 1 is 1.36 bits per heavy atom. The first-order valence-corrected chi connectivity index (χ1v) is 7.57. The van der Waals surface area contributed by atoms with Gasteiger partial charge in [-0.25, -0.2) is 17.9 Å². The molecule has 0 atom stereocenters. The predicted octanol–water partition coefficient (Wildman–Crippen LogP) is 0.770. The summed E-state index contributed by atoms with van der Waals surface area (Å²) in [6.07, 6.45) is 1.36. The second-order valence-corrected chi connectivity index (χ2v) is 6.07. The first-order chi connectivity index (χ1) is 10.2. The number of amides is 2. The third-order valence-electron chi connectivity index (χ3n) is 2.51. The molecule has 0 saturated carbocycles. The van der Waals surface area contributed by atoms with Crippen LogP contribution >= 0.6 is 0 Å². The van der Waals surface area contributed by atoms with Crippen LogP contribution in [0, 0.1) is 0 Å². The molecule has 0 radical (unpaired) electrons. The highest BCUT2D eigenvalue weighted by Crippen LogP contribution is 2.16. The fraction of sp³-hybridized carbons (Fsp3) is 0.231. The van der Waals surface area contributed by atoms with Gasteiger partial charge in [0.15, 0.2) is 0 Å². The molecule has 1 rings (SSSR count). The predicted molar refractivity (Wildman–Crippen MR) is 79.7 cm³/mol. The number of carbonyl (C=O) groups excluding carboxylic acids is 1. The van der Waals surface area contributed by atoms with Crippen molar-refractivity contribution in [3.63, 3.8) is 0 Å². The molecule has 8 nitrogen and oxygen atoms in total. The minimum absolute atomic E-state index is 0.105. The van der Waals surface area contributed by atoms with E-state index in [2.05, 4.69) is 0 Å². The number of carboxylic acids is 1. The Bertz CT molecular complexity index is 696. The van der Waals surface area contributed by atoms with Crippen LogP contribution in [0.2, 0.25) is 0 Å². The molecule has 1 aromatic carbocycles. The first kappa shape index (κ1) is 17.5. The fourth-order valence-corrected chi connectivity index (χ4v) is 2.21. The maximum absolute atomic E-state index is 11.9. The molecule has 9 heteroatoms. The number of sulfonamides is 1. The maximum Gasteiger partial charge on any atom is 0.329 e. The van der Waals surface area contributed by atoms with Gasteiger partial charge in [0.2, 0.25) is 0 Å². The number of hydrogen-bond donors (Lipinski definition) is 3. The molecule has 0 heterocycles. The Kier molecular flexibility index (Phi) is 5.93. The zero-order valence-corrected chi connectivity index (χ0v) is 12.8. The lowest BCUT2D eigenvalue weighted by molar-refractivity contribution is -0.135. The third-order valence-corrected chi connectivity index (χ3v) is 3.93. The van der Waals surface area contributed by atoms with Gasteiger partial charge in [0.25, 0.3) is 10.0 Å². The lowest BCUT2D eigenvalue weighted by atomic mass is 10.2. The molecule has 0 aliphatic heterocycles. The lowest BCUT2D eigenvalue weighted by Crippen LogP contribution is -2.41. The van der Waals surface area contributed by atoms with E-state index in [9.17, 15) is 18.0 Å². The highest BCUT2D eigenvalue weighted by atomic mass is 32.2. The number of rotatable bonds is 6. The summed E-state index contributed by atoms with van der Waals surface area (Å²) in [7, 11) is -2.57. The van der Waals surface area contributed by atoms with Crippen molar-refractivity contribution >= 4 is 28.1 Å². The smallest absolute Gasteiger partial charge is 0.329 e. The zero-order chi connectivity index (χ0) is 16.8. The van der Waals surface area contributed by atoms with Crippen LogP contribution < -0.4 is 14.8 Å². The summed E-state index contributed by atoms with van der Waals surface area (Å²) < 4.78 is 30.6. The molecule has 0 aromatic heterocycles. The van der Waals surface area contributed by atoms with Gasteiger partial charge in [-0.1, -0.05) is 12.1 Å². The first-order valence-electron chi connectivity index (χ1n) is 6.09. The summed E-state index contributed by atoms with van der Waals surface area (Å²) in [6, 6.07) is 5.59. The van der Waals surface area contributed by atoms with Crippen LogP contribution in [0.5, 0.6) is 5.75 Å². The van der Waals surface area contributed by atoms with Gasteiger partial charge in [-0.15, -0.1) is 0 Å². The molecule has 0 fully saturated rings. The summed E-state index contributed by atoms with van der Waals surface area (Å²) in [6.45, 7) is 0.631. The number of methoxy groups -OCH3 is 1. The Labute approximate surface area is 127 Å². The quantitative estimate of drug-likeness (QED) is 0.709. The number of urea groups is 1. The van der Waals surface area contributed by atoms with Gasteiger partial charge in [0, 0.05) is 0 Å². The number of carboxylic acid groups (broad SMARTS) is 1. The van der Waals surface area contributed by atoms with Crippen molar-refractivity contribution < 1.29 is 27.9 Å². The topological polar surface area (TPSA) is 122 Å². The van der Waals surface area contributed by atoms with Crippen LogP contribution in [0.25, 0.3) is 6.08 Å². The molecular formula is C13H16N2O6S. The number of ether oxygens (including phenoxy) is 1. The van der Waals surface area contributed by atoms with Gasteiger partial charge in [-0.3, -0.25) is 4.79 Å². The Balaban J connectivity index is 2.84. The highest BCUT2D eigenvalue weighted by molar-refractivity contribution is 7.94. The third kappa shape index (κ3) is 5.44. The molecule has 0 spiro atoms. The molecule has 0 unspecified atom stereocenters. The number of aliphatic carboxylic acids is 1. The normalized spacial score (nSPS) is 11.6. The largest absolute Gasteiger partial charge is 0.497 e. The van der Waals surface area contributed by atoms with Crippen LogP contribution in [0.1, 0.15) is 12.5 Å². The van der Waals surface area contributed by atoms with Crippen LogP contribution in [-0.2, 0) is 14.8 Å². The van der Waals surface area contributed by atoms with E-state index in [1.165, 1.54) is 20.1 Å². The molecule has 0 saturated heterocycles. The zero-order valence-electron chi connectivity index (χ0n) is 12.0. The number of allylic oxidation sites excluding steroid dienone is 1. The molecule has 0 aliphatic rings. The second kappa shape index (κ2) is 7.46. The van der Waals surface area contributed by atoms with Gasteiger partial charge >= 0.3 is 12.0 Å². The van der Waals surface area contributed by atoms with Gasteiger partial charge < -0.3 is 15.2 Å². The Morgan fingerprint density at radius 2 is 2.05 bits per heavy atom. The van der Waals surface area contributed by atoms with Crippen LogP contribution in [-0.4, -0.2) is 39.2 Å². The van der Waals surface area contributed by atoms with Gasteiger partial charge in [-0.2, -0.15) is 0 Å². The van der Waals surface area contributed by atoms with E-state index in [-0.39, 0.29) is 4.91 Å². The van der Waals surface area contributed by atoms with Crippen molar-refractivity contribution in [3.05, 3.63) is 34.7 Å². The summed E-state index contributed by atoms with van der Waals surface area (Å²) >= 11 is 0. The molecule has 22 heavy (non-hydrogen) atoms. The number of nitrogens with one attached hydrogen (secondary N) is 2. The molecule has 1 aromatic rings. The van der Waals surface area contributed by atoms with Crippen molar-refractivity contribution in [2.75, 3.05) is 13.7 Å². The van der Waals surface area contributed by atoms with E-state index in [4.69, 9.17) is 9.84 Å². The average molecular weight is 328 g/mol. The van der Waals surface area contributed by atoms with Gasteiger partial charge in [-0.05, 0) is 30.7 Å². The Morgan fingerprint density at radius 3 is 2.64 bits per heavy atom. The molecule has 2 amide bonds. The molecule has 0 bridgehead atoms. The van der Waals surface area contributed by atoms with E-state index in [1.54, 1.807) is 29.0 Å². The standard InChI is InChI=1S/C13H16N2O6S/c1-9(6-10-4-3-5-11(7-10)21-2)22(19,20)15-13(18)14-8-12(16)17/h3-7H,8H2,1-2H3,(H,16,17)(H2,14,15,18)/b9-6+. The van der Waals surface area contributed by atoms with Crippen molar-refractivity contribution in [1.29, 1.82) is 0 Å². The summed E-state index contributed by atoms with van der Waals surface area (Å²) in [4.78, 5) is 21.5. The number of hydrogen-bond acceptors (Lipinski definition) is 5. The van der Waals surface area contributed by atoms with E-state index in [0.29, 0.717) is 11.3 Å². The van der Waals surface area contributed by atoms with E-state index in [0.717, 1.165) is 0 Å². The second-order valence-electron chi connectivity index (χ2n) is 4.21. The highest BCUT2D eigenvalue weighted by Gasteiger charge is 2.17. The van der Waals surface area contributed by atoms with E-state index in [1.807, 2.05) is 5.32 Å². The SMILES string of the molecule is COc1cccc(/C=C(\C)S(=O)(=O)NC(=O)NCC(=O)O)c1. The molecular weight excluding hydrogens is 312 g/mol. The molecule has 0 aliphatic carbocycles. The van der Waals surface area contributed by atoms with Crippen molar-refractivity contribution in [2.45, 2.75) is 6.92 Å². The van der Waals surface area contributed by atoms with Crippen molar-refractivity contribution in [1.82, 2.24) is 10.0 Å². The lowest BCUT2D eigenvalue weighted by Gasteiger charge is -2.08. The van der Waals surface area contributed by atoms with Crippen LogP contribution in [0.15, 0.2) is 29.2 Å². The van der Waals surface area contributed by atoms with E-state index < -0.39 is 28.6 Å². The maximum atomic E-state index is 11.9. The number of carbonyl (C=O) groups is 2. The molecule has 120 valence electrons. The van der Waals surface area contributed by atoms with E-state index >= 15 is 0 Å². The minimum Gasteiger partial charge on any atom is -0.497 e. The Hall–Kier alpha value is -2.55. The van der Waals surface area contributed by atoms with Gasteiger partial charge in [0.05, 0.1) is 12.0 Å². The fourth-order valence-electron chi connectivity index (χ4n) is 1.44. The summed E-state index contributed by atoms with van der Waals surface area (Å²) in [5.74, 6) is -0.720. The average Bonchev–Trinajstić information content (AvgIpc) is 2.44. The number of benzene rings is 1. The summed E-state index contributed by atoms with van der Waals surface area (Å²) in [5, 5.41) is 10.3. The minimum atomic E-state index is -4.06. The van der Waals surface area contributed by atoms with Crippen molar-refractivity contribution in [3.8, 4) is 5.75 Å². The van der Waals surface area contributed by atoms with Crippen LogP contribution in [0.3, 0.4) is 0 Å².